The number of nitrogens with one attached hydrogen (secondary N) is 1. The predicted octanol–water partition coefficient (Wildman–Crippen LogP) is 3.66. The topological polar surface area (TPSA) is 32.3 Å². The van der Waals surface area contributed by atoms with Crippen LogP contribution in [0.2, 0.25) is 0 Å². The largest absolute Gasteiger partial charge is 0.370 e. The molecule has 2 rings (SSSR count). The Morgan fingerprint density at radius 3 is 2.68 bits per heavy atom. The van der Waals surface area contributed by atoms with Crippen LogP contribution in [0.4, 0.5) is 11.4 Å². The molecule has 0 spiro atoms. The van der Waals surface area contributed by atoms with E-state index in [0.717, 1.165) is 37.3 Å². The molecular weight excluding hydrogens is 236 g/mol. The number of anilines is 2. The maximum Gasteiger partial charge on any atom is 0.227 e. The summed E-state index contributed by atoms with van der Waals surface area (Å²) in [6.07, 6.45) is 4.48. The molecular formula is C16H24N2O. The molecule has 0 saturated carbocycles. The molecule has 0 aromatic heterocycles. The third kappa shape index (κ3) is 3.49. The fourth-order valence-electron chi connectivity index (χ4n) is 2.63. The van der Waals surface area contributed by atoms with Gasteiger partial charge in [0, 0.05) is 19.0 Å². The van der Waals surface area contributed by atoms with Crippen molar-refractivity contribution >= 4 is 17.3 Å². The van der Waals surface area contributed by atoms with Crippen LogP contribution in [-0.4, -0.2) is 19.0 Å². The SMILES string of the molecule is CCCC(C)C(=O)Nc1ccccc1N1CCCC1. The first-order chi connectivity index (χ1) is 9.22. The Hall–Kier alpha value is -1.51. The van der Waals surface area contributed by atoms with E-state index in [0.29, 0.717) is 0 Å². The van der Waals surface area contributed by atoms with Crippen LogP contribution in [0.25, 0.3) is 0 Å². The fourth-order valence-corrected chi connectivity index (χ4v) is 2.63. The zero-order chi connectivity index (χ0) is 13.7. The van der Waals surface area contributed by atoms with E-state index < -0.39 is 0 Å². The molecule has 1 aliphatic rings. The average Bonchev–Trinajstić information content (AvgIpc) is 2.93. The third-order valence-electron chi connectivity index (χ3n) is 3.78. The molecule has 1 aromatic rings. The molecule has 104 valence electrons. The van der Waals surface area contributed by atoms with Gasteiger partial charge >= 0.3 is 0 Å². The predicted molar refractivity (Wildman–Crippen MR) is 80.6 cm³/mol. The highest BCUT2D eigenvalue weighted by molar-refractivity contribution is 5.95. The van der Waals surface area contributed by atoms with E-state index in [4.69, 9.17) is 0 Å². The van der Waals surface area contributed by atoms with Crippen LogP contribution in [0, 0.1) is 5.92 Å². The molecule has 1 N–H and O–H groups in total. The molecule has 0 radical (unpaired) electrons. The number of benzene rings is 1. The summed E-state index contributed by atoms with van der Waals surface area (Å²) >= 11 is 0. The summed E-state index contributed by atoms with van der Waals surface area (Å²) in [4.78, 5) is 14.5. The summed E-state index contributed by atoms with van der Waals surface area (Å²) in [5.41, 5.74) is 2.12. The van der Waals surface area contributed by atoms with Gasteiger partial charge in [-0.1, -0.05) is 32.4 Å². The number of hydrogen-bond acceptors (Lipinski definition) is 2. The van der Waals surface area contributed by atoms with Crippen molar-refractivity contribution in [2.45, 2.75) is 39.5 Å². The highest BCUT2D eigenvalue weighted by Gasteiger charge is 2.18. The smallest absolute Gasteiger partial charge is 0.227 e. The van der Waals surface area contributed by atoms with Crippen LogP contribution in [0.3, 0.4) is 0 Å². The molecule has 19 heavy (non-hydrogen) atoms. The second kappa shape index (κ2) is 6.60. The van der Waals surface area contributed by atoms with Gasteiger partial charge in [0.1, 0.15) is 0 Å². The van der Waals surface area contributed by atoms with Crippen molar-refractivity contribution in [2.75, 3.05) is 23.3 Å². The molecule has 1 atom stereocenters. The Balaban J connectivity index is 2.09. The third-order valence-corrected chi connectivity index (χ3v) is 3.78. The highest BCUT2D eigenvalue weighted by atomic mass is 16.1. The summed E-state index contributed by atoms with van der Waals surface area (Å²) in [5.74, 6) is 0.213. The number of rotatable bonds is 5. The normalized spacial score (nSPS) is 16.4. The Morgan fingerprint density at radius 1 is 1.32 bits per heavy atom. The fraction of sp³-hybridized carbons (Fsp3) is 0.562. The van der Waals surface area contributed by atoms with Crippen LogP contribution >= 0.6 is 0 Å². The lowest BCUT2D eigenvalue weighted by Crippen LogP contribution is -2.24. The average molecular weight is 260 g/mol. The Labute approximate surface area is 116 Å². The first-order valence-electron chi connectivity index (χ1n) is 7.37. The number of carbonyl (C=O) groups excluding carboxylic acids is 1. The Bertz CT molecular complexity index is 425. The van der Waals surface area contributed by atoms with Crippen LogP contribution in [-0.2, 0) is 4.79 Å². The van der Waals surface area contributed by atoms with Crippen LogP contribution in [0.15, 0.2) is 24.3 Å². The molecule has 1 aliphatic heterocycles. The van der Waals surface area contributed by atoms with E-state index in [1.807, 2.05) is 25.1 Å². The van der Waals surface area contributed by atoms with Gasteiger partial charge in [-0.3, -0.25) is 4.79 Å². The number of para-hydroxylation sites is 2. The van der Waals surface area contributed by atoms with Gasteiger partial charge in [-0.15, -0.1) is 0 Å². The van der Waals surface area contributed by atoms with E-state index in [9.17, 15) is 4.79 Å². The summed E-state index contributed by atoms with van der Waals surface area (Å²) in [6, 6.07) is 8.13. The molecule has 3 heteroatoms. The summed E-state index contributed by atoms with van der Waals surface area (Å²) < 4.78 is 0. The second-order valence-corrected chi connectivity index (χ2v) is 5.39. The number of carbonyl (C=O) groups is 1. The summed E-state index contributed by atoms with van der Waals surface area (Å²) in [7, 11) is 0. The van der Waals surface area contributed by atoms with Crippen molar-refractivity contribution in [3.05, 3.63) is 24.3 Å². The summed E-state index contributed by atoms with van der Waals surface area (Å²) in [5, 5.41) is 3.09. The van der Waals surface area contributed by atoms with Crippen molar-refractivity contribution in [1.82, 2.24) is 0 Å². The van der Waals surface area contributed by atoms with E-state index in [1.165, 1.54) is 12.8 Å². The minimum absolute atomic E-state index is 0.0802. The Morgan fingerprint density at radius 2 is 2.00 bits per heavy atom. The van der Waals surface area contributed by atoms with E-state index in [-0.39, 0.29) is 11.8 Å². The lowest BCUT2D eigenvalue weighted by molar-refractivity contribution is -0.119. The molecule has 1 fully saturated rings. The molecule has 3 nitrogen and oxygen atoms in total. The highest BCUT2D eigenvalue weighted by Crippen LogP contribution is 2.29. The van der Waals surface area contributed by atoms with Crippen LogP contribution in [0.1, 0.15) is 39.5 Å². The van der Waals surface area contributed by atoms with Gasteiger partial charge in [0.25, 0.3) is 0 Å². The van der Waals surface area contributed by atoms with Crippen molar-refractivity contribution in [3.63, 3.8) is 0 Å². The molecule has 1 unspecified atom stereocenters. The maximum atomic E-state index is 12.1. The first kappa shape index (κ1) is 13.9. The Kier molecular flexibility index (Phi) is 4.83. The van der Waals surface area contributed by atoms with Crippen molar-refractivity contribution in [2.24, 2.45) is 5.92 Å². The van der Waals surface area contributed by atoms with Crippen molar-refractivity contribution < 1.29 is 4.79 Å². The lowest BCUT2D eigenvalue weighted by atomic mass is 10.1. The van der Waals surface area contributed by atoms with Gasteiger partial charge in [0.2, 0.25) is 5.91 Å². The number of hydrogen-bond donors (Lipinski definition) is 1. The summed E-state index contributed by atoms with van der Waals surface area (Å²) in [6.45, 7) is 6.30. The van der Waals surface area contributed by atoms with Gasteiger partial charge in [-0.05, 0) is 31.4 Å². The molecule has 1 amide bonds. The van der Waals surface area contributed by atoms with Crippen LogP contribution < -0.4 is 10.2 Å². The zero-order valence-corrected chi connectivity index (χ0v) is 12.0. The number of nitrogens with zero attached hydrogens (tertiary/aromatic N) is 1. The molecule has 1 saturated heterocycles. The standard InChI is InChI=1S/C16H24N2O/c1-3-8-13(2)16(19)17-14-9-4-5-10-15(14)18-11-6-7-12-18/h4-5,9-10,13H,3,6-8,11-12H2,1-2H3,(H,17,19). The second-order valence-electron chi connectivity index (χ2n) is 5.39. The van der Waals surface area contributed by atoms with Crippen LogP contribution in [0.5, 0.6) is 0 Å². The van der Waals surface area contributed by atoms with Gasteiger partial charge in [0.05, 0.1) is 11.4 Å². The lowest BCUT2D eigenvalue weighted by Gasteiger charge is -2.22. The molecule has 1 heterocycles. The maximum absolute atomic E-state index is 12.1. The minimum Gasteiger partial charge on any atom is -0.370 e. The zero-order valence-electron chi connectivity index (χ0n) is 12.0. The van der Waals surface area contributed by atoms with Crippen molar-refractivity contribution in [1.29, 1.82) is 0 Å². The molecule has 0 aliphatic carbocycles. The van der Waals surface area contributed by atoms with Gasteiger partial charge in [-0.25, -0.2) is 0 Å². The van der Waals surface area contributed by atoms with Gasteiger partial charge < -0.3 is 10.2 Å². The van der Waals surface area contributed by atoms with E-state index in [1.54, 1.807) is 0 Å². The monoisotopic (exact) mass is 260 g/mol. The van der Waals surface area contributed by atoms with Gasteiger partial charge in [0.15, 0.2) is 0 Å². The first-order valence-corrected chi connectivity index (χ1v) is 7.37. The van der Waals surface area contributed by atoms with Gasteiger partial charge in [-0.2, -0.15) is 0 Å². The quantitative estimate of drug-likeness (QED) is 0.876. The van der Waals surface area contributed by atoms with E-state index in [2.05, 4.69) is 23.2 Å². The minimum atomic E-state index is 0.0802. The molecule has 1 aromatic carbocycles. The van der Waals surface area contributed by atoms with E-state index >= 15 is 0 Å². The molecule has 0 bridgehead atoms. The number of amides is 1. The van der Waals surface area contributed by atoms with Crippen molar-refractivity contribution in [3.8, 4) is 0 Å².